The Hall–Kier alpha value is -3.60. The zero-order valence-corrected chi connectivity index (χ0v) is 46.3. The van der Waals surface area contributed by atoms with Gasteiger partial charge in [-0.25, -0.2) is 4.57 Å². The Morgan fingerprint density at radius 2 is 0.722 bits per heavy atom. The highest BCUT2D eigenvalue weighted by Gasteiger charge is 2.28. The summed E-state index contributed by atoms with van der Waals surface area (Å²) in [5, 5.41) is 9.80. The van der Waals surface area contributed by atoms with Crippen molar-refractivity contribution in [3.05, 3.63) is 97.2 Å². The predicted octanol–water partition coefficient (Wildman–Crippen LogP) is 16.5. The fourth-order valence-electron chi connectivity index (χ4n) is 7.24. The van der Waals surface area contributed by atoms with Crippen LogP contribution in [0, 0.1) is 0 Å². The molecule has 11 nitrogen and oxygen atoms in total. The number of aliphatic hydroxyl groups excluding tert-OH is 1. The number of esters is 3. The van der Waals surface area contributed by atoms with Crippen molar-refractivity contribution in [1.82, 2.24) is 0 Å². The van der Waals surface area contributed by atoms with E-state index in [1.54, 1.807) is 0 Å². The van der Waals surface area contributed by atoms with E-state index in [1.165, 1.54) is 38.5 Å². The Bertz CT molecular complexity index is 1580. The van der Waals surface area contributed by atoms with Gasteiger partial charge in [0.25, 0.3) is 0 Å². The third-order valence-electron chi connectivity index (χ3n) is 11.5. The van der Waals surface area contributed by atoms with Crippen molar-refractivity contribution >= 4 is 25.7 Å². The first-order valence-electron chi connectivity index (χ1n) is 28.1. The summed E-state index contributed by atoms with van der Waals surface area (Å²) in [6.45, 7) is 4.33. The molecule has 0 saturated heterocycles. The van der Waals surface area contributed by atoms with Crippen LogP contribution in [0.3, 0.4) is 0 Å². The molecular formula is C60H101O11P. The minimum Gasteiger partial charge on any atom is -0.462 e. The number of aliphatic hydroxyl groups is 1. The third kappa shape index (κ3) is 51.3. The van der Waals surface area contributed by atoms with Crippen molar-refractivity contribution in [3.8, 4) is 0 Å². The minimum atomic E-state index is -4.77. The van der Waals surface area contributed by atoms with E-state index in [4.69, 9.17) is 23.3 Å². The lowest BCUT2D eigenvalue weighted by Gasteiger charge is -2.21. The molecule has 0 aliphatic carbocycles. The Morgan fingerprint density at radius 3 is 1.15 bits per heavy atom. The molecule has 0 amide bonds. The maximum atomic E-state index is 12.9. The lowest BCUT2D eigenvalue weighted by atomic mass is 10.1. The highest BCUT2D eigenvalue weighted by molar-refractivity contribution is 7.47. The quantitative estimate of drug-likeness (QED) is 0.0197. The van der Waals surface area contributed by atoms with Gasteiger partial charge in [-0.15, -0.1) is 0 Å². The minimum absolute atomic E-state index is 0.109. The van der Waals surface area contributed by atoms with E-state index in [2.05, 4.69) is 118 Å². The zero-order valence-electron chi connectivity index (χ0n) is 45.4. The second-order valence-electron chi connectivity index (χ2n) is 18.3. The van der Waals surface area contributed by atoms with Gasteiger partial charge in [0.15, 0.2) is 6.10 Å². The standard InChI is InChI=1S/C60H101O11P/c1-4-7-10-13-16-19-22-25-27-28-30-32-34-37-40-43-46-49-58(62)67-53-57(71-60(64)51-48-45-42-39-36-33-29-26-23-20-17-14-11-8-5-2)55-69-72(65,66)68-54-56(52-61)70-59(63)50-47-44-41-38-35-31-24-21-18-15-12-9-6-3/h7-8,10-11,16-17,19-21,24-27,29,36,39,56-57,61H,4-6,9,12-15,18,22-23,28,30-35,37-38,40-55H2,1-3H3,(H,65,66)/b10-7-,11-8-,19-16-,20-17-,24-21-,27-25-,29-26-,39-36-. The van der Waals surface area contributed by atoms with Crippen molar-refractivity contribution in [2.45, 2.75) is 238 Å². The molecule has 0 saturated carbocycles. The number of hydrogen-bond acceptors (Lipinski definition) is 10. The molecule has 3 atom stereocenters. The van der Waals surface area contributed by atoms with Gasteiger partial charge in [0, 0.05) is 19.3 Å². The molecule has 0 fully saturated rings. The van der Waals surface area contributed by atoms with Gasteiger partial charge in [0.2, 0.25) is 0 Å². The molecular weight excluding hydrogens is 928 g/mol. The number of ether oxygens (including phenoxy) is 3. The van der Waals surface area contributed by atoms with Gasteiger partial charge in [0.1, 0.15) is 12.7 Å². The molecule has 0 aliphatic heterocycles. The van der Waals surface area contributed by atoms with Crippen molar-refractivity contribution in [2.24, 2.45) is 0 Å². The van der Waals surface area contributed by atoms with E-state index in [0.717, 1.165) is 128 Å². The van der Waals surface area contributed by atoms with Gasteiger partial charge in [-0.2, -0.15) is 0 Å². The van der Waals surface area contributed by atoms with Crippen LogP contribution in [0.25, 0.3) is 0 Å². The van der Waals surface area contributed by atoms with Gasteiger partial charge in [-0.3, -0.25) is 23.4 Å². The first-order valence-corrected chi connectivity index (χ1v) is 29.6. The van der Waals surface area contributed by atoms with Crippen LogP contribution in [0.1, 0.15) is 226 Å². The summed E-state index contributed by atoms with van der Waals surface area (Å²) >= 11 is 0. The monoisotopic (exact) mass is 1030 g/mol. The summed E-state index contributed by atoms with van der Waals surface area (Å²) in [6.07, 6.45) is 62.3. The SMILES string of the molecule is CC/C=C\C/C=C\C/C=C\C/C=C\CCCCC(=O)OC(COC(=O)CCCCCCCCC/C=C\C/C=C\C/C=C\CC)COP(=O)(O)OCC(CO)OC(=O)CCCCCCC/C=C\CCCCCC. The molecule has 0 bridgehead atoms. The van der Waals surface area contributed by atoms with Gasteiger partial charge >= 0.3 is 25.7 Å². The van der Waals surface area contributed by atoms with E-state index in [0.29, 0.717) is 19.3 Å². The zero-order chi connectivity index (χ0) is 52.7. The number of rotatable bonds is 51. The molecule has 72 heavy (non-hydrogen) atoms. The highest BCUT2D eigenvalue weighted by atomic mass is 31.2. The highest BCUT2D eigenvalue weighted by Crippen LogP contribution is 2.43. The molecule has 2 N–H and O–H groups in total. The second-order valence-corrected chi connectivity index (χ2v) is 19.8. The maximum Gasteiger partial charge on any atom is 0.472 e. The smallest absolute Gasteiger partial charge is 0.462 e. The van der Waals surface area contributed by atoms with E-state index >= 15 is 0 Å². The van der Waals surface area contributed by atoms with Crippen LogP contribution < -0.4 is 0 Å². The number of phosphoric ester groups is 1. The topological polar surface area (TPSA) is 155 Å². The number of carbonyl (C=O) groups is 3. The van der Waals surface area contributed by atoms with Crippen LogP contribution in [0.2, 0.25) is 0 Å². The number of carbonyl (C=O) groups excluding carboxylic acids is 3. The van der Waals surface area contributed by atoms with Crippen molar-refractivity contribution in [3.63, 3.8) is 0 Å². The van der Waals surface area contributed by atoms with Crippen molar-refractivity contribution in [2.75, 3.05) is 26.4 Å². The maximum absolute atomic E-state index is 12.9. The second kappa shape index (κ2) is 53.7. The Kier molecular flexibility index (Phi) is 51.0. The summed E-state index contributed by atoms with van der Waals surface area (Å²) in [7, 11) is -4.77. The van der Waals surface area contributed by atoms with Gasteiger partial charge < -0.3 is 24.2 Å². The lowest BCUT2D eigenvalue weighted by Crippen LogP contribution is -2.30. The normalized spacial score (nSPS) is 14.1. The number of unbranched alkanes of at least 4 members (excludes halogenated alkanes) is 18. The molecule has 0 radical (unpaired) electrons. The summed E-state index contributed by atoms with van der Waals surface area (Å²) in [4.78, 5) is 48.5. The Balaban J connectivity index is 4.81. The van der Waals surface area contributed by atoms with Crippen LogP contribution in [-0.4, -0.2) is 66.5 Å². The number of phosphoric acid groups is 1. The summed E-state index contributed by atoms with van der Waals surface area (Å²) < 4.78 is 39.4. The van der Waals surface area contributed by atoms with Gasteiger partial charge in [-0.05, 0) is 116 Å². The lowest BCUT2D eigenvalue weighted by molar-refractivity contribution is -0.161. The molecule has 0 aromatic rings. The largest absolute Gasteiger partial charge is 0.472 e. The molecule has 12 heteroatoms. The molecule has 0 aliphatic rings. The molecule has 0 heterocycles. The van der Waals surface area contributed by atoms with Crippen LogP contribution in [0.5, 0.6) is 0 Å². The van der Waals surface area contributed by atoms with E-state index < -0.39 is 57.8 Å². The van der Waals surface area contributed by atoms with Crippen molar-refractivity contribution in [1.29, 1.82) is 0 Å². The van der Waals surface area contributed by atoms with E-state index in [1.807, 2.05) is 0 Å². The van der Waals surface area contributed by atoms with Crippen LogP contribution in [-0.2, 0) is 42.2 Å². The van der Waals surface area contributed by atoms with E-state index in [-0.39, 0.29) is 25.9 Å². The molecule has 0 spiro atoms. The number of hydrogen-bond donors (Lipinski definition) is 2. The summed E-state index contributed by atoms with van der Waals surface area (Å²) in [6, 6.07) is 0. The first kappa shape index (κ1) is 68.4. The van der Waals surface area contributed by atoms with Gasteiger partial charge in [0.05, 0.1) is 19.8 Å². The van der Waals surface area contributed by atoms with E-state index in [9.17, 15) is 28.9 Å². The molecule has 0 rings (SSSR count). The Labute approximate surface area is 438 Å². The average molecular weight is 1030 g/mol. The third-order valence-corrected chi connectivity index (χ3v) is 12.4. The first-order chi connectivity index (χ1) is 35.2. The average Bonchev–Trinajstić information content (AvgIpc) is 3.37. The fraction of sp³-hybridized carbons (Fsp3) is 0.683. The fourth-order valence-corrected chi connectivity index (χ4v) is 8.02. The molecule has 0 aromatic carbocycles. The molecule has 412 valence electrons. The van der Waals surface area contributed by atoms with Crippen LogP contribution >= 0.6 is 7.82 Å². The van der Waals surface area contributed by atoms with Crippen molar-refractivity contribution < 1.29 is 52.2 Å². The van der Waals surface area contributed by atoms with Crippen LogP contribution in [0.4, 0.5) is 0 Å². The van der Waals surface area contributed by atoms with Crippen LogP contribution in [0.15, 0.2) is 97.2 Å². The summed E-state index contributed by atoms with van der Waals surface area (Å²) in [5.41, 5.74) is 0. The molecule has 0 aromatic heterocycles. The molecule has 3 unspecified atom stereocenters. The number of allylic oxidation sites excluding steroid dienone is 16. The Morgan fingerprint density at radius 1 is 0.403 bits per heavy atom. The predicted molar refractivity (Wildman–Crippen MR) is 297 cm³/mol. The van der Waals surface area contributed by atoms with Gasteiger partial charge in [-0.1, -0.05) is 189 Å². The summed E-state index contributed by atoms with van der Waals surface area (Å²) in [5.74, 6) is -1.54.